The SMILES string of the molecule is C[Si](C)(C)SP(=S)(S[Si](C)(C)C)c1ccccc1. The molecule has 18 heavy (non-hydrogen) atoms. The van der Waals surface area contributed by atoms with Crippen LogP contribution in [0.25, 0.3) is 0 Å². The Morgan fingerprint density at radius 2 is 1.22 bits per heavy atom. The fourth-order valence-electron chi connectivity index (χ4n) is 1.46. The third kappa shape index (κ3) is 5.97. The van der Waals surface area contributed by atoms with Gasteiger partial charge in [0, 0.05) is 5.30 Å². The standard InChI is InChI=1S/C12H23PS3Si2/c1-17(2,3)15-13(14,16-18(4,5)6)12-10-8-7-9-11-12/h7-11H,1-6H3. The molecule has 6 heteroatoms. The van der Waals surface area contributed by atoms with Gasteiger partial charge in [-0.25, -0.2) is 0 Å². The molecule has 0 fully saturated rings. The molecular weight excluding hydrogens is 327 g/mol. The van der Waals surface area contributed by atoms with Gasteiger partial charge in [-0.1, -0.05) is 81.4 Å². The average Bonchev–Trinajstić information content (AvgIpc) is 2.13. The van der Waals surface area contributed by atoms with E-state index in [1.807, 2.05) is 0 Å². The summed E-state index contributed by atoms with van der Waals surface area (Å²) in [5, 5.41) is 1.40. The van der Waals surface area contributed by atoms with E-state index in [1.165, 1.54) is 5.30 Å². The van der Waals surface area contributed by atoms with E-state index in [0.717, 1.165) is 0 Å². The van der Waals surface area contributed by atoms with Crippen molar-refractivity contribution in [1.29, 1.82) is 0 Å². The molecule has 0 saturated heterocycles. The zero-order chi connectivity index (χ0) is 14.0. The number of rotatable bonds is 5. The maximum Gasteiger partial charge on any atom is 0.116 e. The first kappa shape index (κ1) is 17.1. The first-order chi connectivity index (χ1) is 8.02. The third-order valence-electron chi connectivity index (χ3n) is 1.86. The Bertz CT molecular complexity index is 415. The molecule has 102 valence electrons. The van der Waals surface area contributed by atoms with Crippen LogP contribution in [0, 0.1) is 0 Å². The summed E-state index contributed by atoms with van der Waals surface area (Å²) in [6, 6.07) is 10.8. The molecule has 0 bridgehead atoms. The third-order valence-corrected chi connectivity index (χ3v) is 33.2. The normalized spacial score (nSPS) is 13.7. The van der Waals surface area contributed by atoms with E-state index in [1.54, 1.807) is 0 Å². The first-order valence-corrected chi connectivity index (χ1v) is 20.2. The monoisotopic (exact) mass is 350 g/mol. The van der Waals surface area contributed by atoms with Crippen molar-refractivity contribution in [2.75, 3.05) is 0 Å². The van der Waals surface area contributed by atoms with Gasteiger partial charge >= 0.3 is 0 Å². The molecule has 0 aromatic heterocycles. The second kappa shape index (κ2) is 6.19. The van der Waals surface area contributed by atoms with E-state index in [9.17, 15) is 0 Å². The van der Waals surface area contributed by atoms with Crippen LogP contribution in [0.3, 0.4) is 0 Å². The van der Waals surface area contributed by atoms with E-state index in [2.05, 4.69) is 91.3 Å². The topological polar surface area (TPSA) is 0 Å². The van der Waals surface area contributed by atoms with Gasteiger partial charge in [0.25, 0.3) is 0 Å². The van der Waals surface area contributed by atoms with Gasteiger partial charge in [0.15, 0.2) is 0 Å². The Kier molecular flexibility index (Phi) is 5.86. The highest BCUT2D eigenvalue weighted by atomic mass is 33.3. The fourth-order valence-corrected chi connectivity index (χ4v) is 53.2. The van der Waals surface area contributed by atoms with E-state index in [-0.39, 0.29) is 0 Å². The maximum atomic E-state index is 6.17. The summed E-state index contributed by atoms with van der Waals surface area (Å²) in [6.45, 7) is 14.5. The lowest BCUT2D eigenvalue weighted by Crippen LogP contribution is -2.20. The molecule has 0 unspecified atom stereocenters. The van der Waals surface area contributed by atoms with Crippen molar-refractivity contribution in [2.24, 2.45) is 0 Å². The maximum absolute atomic E-state index is 6.17. The lowest BCUT2D eigenvalue weighted by molar-refractivity contribution is 1.78. The van der Waals surface area contributed by atoms with Crippen LogP contribution >= 0.6 is 26.1 Å². The van der Waals surface area contributed by atoms with Crippen molar-refractivity contribution in [2.45, 2.75) is 39.3 Å². The minimum Gasteiger partial charge on any atom is -0.136 e. The largest absolute Gasteiger partial charge is 0.136 e. The van der Waals surface area contributed by atoms with Gasteiger partial charge in [-0.05, 0) is 0 Å². The summed E-state index contributed by atoms with van der Waals surface area (Å²) >= 11 is 6.17. The number of hydrogen-bond acceptors (Lipinski definition) is 3. The van der Waals surface area contributed by atoms with Gasteiger partial charge in [-0.15, -0.1) is 21.7 Å². The van der Waals surface area contributed by atoms with Crippen LogP contribution in [0.15, 0.2) is 30.3 Å². The van der Waals surface area contributed by atoms with Crippen molar-refractivity contribution >= 4 is 57.7 Å². The predicted octanol–water partition coefficient (Wildman–Crippen LogP) is 5.76. The molecule has 1 aromatic rings. The Hall–Kier alpha value is 1.00. The molecule has 1 rings (SSSR count). The van der Waals surface area contributed by atoms with Gasteiger partial charge in [0.05, 0.1) is 4.44 Å². The van der Waals surface area contributed by atoms with Crippen LogP contribution in [0.4, 0.5) is 0 Å². The molecule has 0 aliphatic heterocycles. The van der Waals surface area contributed by atoms with Gasteiger partial charge in [-0.2, -0.15) is 0 Å². The molecule has 0 radical (unpaired) electrons. The molecular formula is C12H23PS3Si2. The summed E-state index contributed by atoms with van der Waals surface area (Å²) < 4.78 is -1.52. The highest BCUT2D eigenvalue weighted by Crippen LogP contribution is 2.72. The average molecular weight is 351 g/mol. The number of hydrogen-bond donors (Lipinski definition) is 0. The summed E-state index contributed by atoms with van der Waals surface area (Å²) in [7, 11) is 1.87. The summed E-state index contributed by atoms with van der Waals surface area (Å²) in [5.74, 6) is 0. The Morgan fingerprint density at radius 1 is 0.833 bits per heavy atom. The summed E-state index contributed by atoms with van der Waals surface area (Å²) in [6.07, 6.45) is 0. The number of benzene rings is 1. The quantitative estimate of drug-likeness (QED) is 0.489. The van der Waals surface area contributed by atoms with Gasteiger partial charge in [-0.3, -0.25) is 0 Å². The lowest BCUT2D eigenvalue weighted by Gasteiger charge is -2.32. The molecule has 0 heterocycles. The molecule has 0 saturated carbocycles. The first-order valence-electron chi connectivity index (χ1n) is 6.09. The van der Waals surface area contributed by atoms with E-state index >= 15 is 0 Å². The molecule has 0 nitrogen and oxygen atoms in total. The summed E-state index contributed by atoms with van der Waals surface area (Å²) in [4.78, 5) is 0. The Morgan fingerprint density at radius 3 is 1.56 bits per heavy atom. The van der Waals surface area contributed by atoms with Crippen LogP contribution in [0.1, 0.15) is 0 Å². The molecule has 0 aliphatic rings. The molecule has 0 spiro atoms. The Labute approximate surface area is 127 Å². The van der Waals surface area contributed by atoms with Gasteiger partial charge < -0.3 is 0 Å². The second-order valence-corrected chi connectivity index (χ2v) is 35.3. The van der Waals surface area contributed by atoms with Crippen molar-refractivity contribution in [3.63, 3.8) is 0 Å². The molecule has 0 amide bonds. The summed E-state index contributed by atoms with van der Waals surface area (Å²) in [5.41, 5.74) is 0. The lowest BCUT2D eigenvalue weighted by atomic mass is 10.4. The van der Waals surface area contributed by atoms with Crippen molar-refractivity contribution in [1.82, 2.24) is 0 Å². The molecule has 0 N–H and O–H groups in total. The van der Waals surface area contributed by atoms with Crippen molar-refractivity contribution in [3.8, 4) is 0 Å². The smallest absolute Gasteiger partial charge is 0.116 e. The van der Waals surface area contributed by atoms with Crippen molar-refractivity contribution < 1.29 is 0 Å². The van der Waals surface area contributed by atoms with E-state index in [4.69, 9.17) is 11.8 Å². The zero-order valence-corrected chi connectivity index (χ0v) is 17.4. The highest BCUT2D eigenvalue weighted by molar-refractivity contribution is 9.12. The molecule has 0 aliphatic carbocycles. The zero-order valence-electron chi connectivity index (χ0n) is 12.1. The van der Waals surface area contributed by atoms with Crippen molar-refractivity contribution in [3.05, 3.63) is 30.3 Å². The molecule has 1 aromatic carbocycles. The van der Waals surface area contributed by atoms with Crippen LogP contribution in [0.5, 0.6) is 0 Å². The Balaban J connectivity index is 3.14. The highest BCUT2D eigenvalue weighted by Gasteiger charge is 2.33. The van der Waals surface area contributed by atoms with Crippen LogP contribution in [0.2, 0.25) is 39.3 Å². The molecule has 0 atom stereocenters. The second-order valence-electron chi connectivity index (χ2n) is 6.24. The minimum atomic E-state index is -1.52. The fraction of sp³-hybridized carbons (Fsp3) is 0.500. The van der Waals surface area contributed by atoms with Crippen LogP contribution in [-0.2, 0) is 11.8 Å². The van der Waals surface area contributed by atoms with E-state index < -0.39 is 18.9 Å². The van der Waals surface area contributed by atoms with Gasteiger partial charge in [0.2, 0.25) is 0 Å². The van der Waals surface area contributed by atoms with Gasteiger partial charge in [0.1, 0.15) is 14.4 Å². The minimum absolute atomic E-state index is 1.21. The van der Waals surface area contributed by atoms with E-state index in [0.29, 0.717) is 0 Å². The predicted molar refractivity (Wildman–Crippen MR) is 102 cm³/mol. The van der Waals surface area contributed by atoms with Crippen LogP contribution < -0.4 is 5.30 Å². The van der Waals surface area contributed by atoms with Crippen LogP contribution in [-0.4, -0.2) is 14.4 Å².